The first-order chi connectivity index (χ1) is 7.63. The van der Waals surface area contributed by atoms with E-state index in [0.29, 0.717) is 18.1 Å². The Kier molecular flexibility index (Phi) is 4.65. The average molecular weight is 224 g/mol. The van der Waals surface area contributed by atoms with Gasteiger partial charge in [0.1, 0.15) is 12.0 Å². The molecule has 88 valence electrons. The zero-order valence-electron chi connectivity index (χ0n) is 9.73. The van der Waals surface area contributed by atoms with Gasteiger partial charge in [0.15, 0.2) is 0 Å². The summed E-state index contributed by atoms with van der Waals surface area (Å²) in [6, 6.07) is 1.50. The molecule has 1 aromatic rings. The summed E-state index contributed by atoms with van der Waals surface area (Å²) >= 11 is 0. The van der Waals surface area contributed by atoms with Gasteiger partial charge in [-0.1, -0.05) is 0 Å². The minimum absolute atomic E-state index is 0.220. The van der Waals surface area contributed by atoms with Gasteiger partial charge in [-0.3, -0.25) is 4.79 Å². The minimum Gasteiger partial charge on any atom is -0.481 e. The summed E-state index contributed by atoms with van der Waals surface area (Å²) in [5, 5.41) is 2.76. The van der Waals surface area contributed by atoms with Crippen molar-refractivity contribution in [2.75, 3.05) is 34.3 Å². The highest BCUT2D eigenvalue weighted by atomic mass is 16.5. The fourth-order valence-corrected chi connectivity index (χ4v) is 1.06. The second-order valence-corrected chi connectivity index (χ2v) is 3.50. The molecular weight excluding hydrogens is 208 g/mol. The Bertz CT molecular complexity index is 354. The largest absolute Gasteiger partial charge is 0.481 e. The van der Waals surface area contributed by atoms with Crippen LogP contribution in [0.2, 0.25) is 0 Å². The quantitative estimate of drug-likeness (QED) is 0.748. The molecule has 0 bridgehead atoms. The van der Waals surface area contributed by atoms with Crippen molar-refractivity contribution >= 4 is 5.91 Å². The lowest BCUT2D eigenvalue weighted by Gasteiger charge is -2.10. The lowest BCUT2D eigenvalue weighted by atomic mass is 10.3. The van der Waals surface area contributed by atoms with Crippen LogP contribution in [-0.4, -0.2) is 55.1 Å². The number of amides is 1. The summed E-state index contributed by atoms with van der Waals surface area (Å²) < 4.78 is 4.91. The van der Waals surface area contributed by atoms with Crippen LogP contribution in [0.5, 0.6) is 5.88 Å². The second-order valence-electron chi connectivity index (χ2n) is 3.50. The predicted molar refractivity (Wildman–Crippen MR) is 59.5 cm³/mol. The number of nitrogens with one attached hydrogen (secondary N) is 1. The predicted octanol–water partition coefficient (Wildman–Crippen LogP) is -0.223. The molecule has 1 amide bonds. The van der Waals surface area contributed by atoms with E-state index in [9.17, 15) is 4.79 Å². The highest BCUT2D eigenvalue weighted by molar-refractivity contribution is 5.92. The van der Waals surface area contributed by atoms with Crippen molar-refractivity contribution in [3.63, 3.8) is 0 Å². The van der Waals surface area contributed by atoms with Crippen LogP contribution in [0.4, 0.5) is 0 Å². The zero-order chi connectivity index (χ0) is 12.0. The molecule has 1 aromatic heterocycles. The van der Waals surface area contributed by atoms with E-state index in [1.807, 2.05) is 19.0 Å². The third kappa shape index (κ3) is 3.82. The average Bonchev–Trinajstić information content (AvgIpc) is 2.28. The summed E-state index contributed by atoms with van der Waals surface area (Å²) in [5.74, 6) is 0.162. The molecule has 1 heterocycles. The van der Waals surface area contributed by atoms with Gasteiger partial charge < -0.3 is 15.0 Å². The third-order valence-corrected chi connectivity index (χ3v) is 1.93. The Labute approximate surface area is 94.6 Å². The van der Waals surface area contributed by atoms with Crippen LogP contribution in [0.15, 0.2) is 12.4 Å². The fourth-order valence-electron chi connectivity index (χ4n) is 1.06. The number of nitrogens with zero attached hydrogens (tertiary/aromatic N) is 3. The van der Waals surface area contributed by atoms with E-state index in [0.717, 1.165) is 6.54 Å². The molecule has 0 atom stereocenters. The number of likely N-dealkylation sites (N-methyl/N-ethyl adjacent to an activating group) is 1. The van der Waals surface area contributed by atoms with Gasteiger partial charge in [-0.15, -0.1) is 0 Å². The molecule has 0 saturated heterocycles. The Hall–Kier alpha value is -1.69. The standard InChI is InChI=1S/C10H16N4O2/c1-14(2)5-4-11-10(15)8-6-9(16-3)13-7-12-8/h6-7H,4-5H2,1-3H3,(H,11,15). The molecule has 1 rings (SSSR count). The van der Waals surface area contributed by atoms with Gasteiger partial charge in [-0.2, -0.15) is 0 Å². The van der Waals surface area contributed by atoms with Crippen molar-refractivity contribution in [2.24, 2.45) is 0 Å². The normalized spacial score (nSPS) is 10.2. The first-order valence-corrected chi connectivity index (χ1v) is 4.92. The van der Waals surface area contributed by atoms with Crippen LogP contribution in [0.25, 0.3) is 0 Å². The highest BCUT2D eigenvalue weighted by Crippen LogP contribution is 2.04. The number of ether oxygens (including phenoxy) is 1. The molecule has 0 spiro atoms. The molecular formula is C10H16N4O2. The van der Waals surface area contributed by atoms with Crippen molar-refractivity contribution < 1.29 is 9.53 Å². The number of methoxy groups -OCH3 is 1. The summed E-state index contributed by atoms with van der Waals surface area (Å²) in [7, 11) is 5.38. The monoisotopic (exact) mass is 224 g/mol. The van der Waals surface area contributed by atoms with Gasteiger partial charge in [0, 0.05) is 19.2 Å². The van der Waals surface area contributed by atoms with E-state index in [4.69, 9.17) is 4.74 Å². The molecule has 6 heteroatoms. The molecule has 0 aliphatic carbocycles. The van der Waals surface area contributed by atoms with E-state index >= 15 is 0 Å². The lowest BCUT2D eigenvalue weighted by Crippen LogP contribution is -2.31. The summed E-state index contributed by atoms with van der Waals surface area (Å²) in [5.41, 5.74) is 0.311. The van der Waals surface area contributed by atoms with Gasteiger partial charge in [0.05, 0.1) is 7.11 Å². The molecule has 0 saturated carbocycles. The number of aromatic nitrogens is 2. The lowest BCUT2D eigenvalue weighted by molar-refractivity contribution is 0.0945. The van der Waals surface area contributed by atoms with Crippen LogP contribution < -0.4 is 10.1 Å². The third-order valence-electron chi connectivity index (χ3n) is 1.93. The van der Waals surface area contributed by atoms with Gasteiger partial charge in [0.25, 0.3) is 5.91 Å². The van der Waals surface area contributed by atoms with Crippen LogP contribution in [0.3, 0.4) is 0 Å². The topological polar surface area (TPSA) is 67.3 Å². The molecule has 0 radical (unpaired) electrons. The maximum Gasteiger partial charge on any atom is 0.270 e. The number of carbonyl (C=O) groups excluding carboxylic acids is 1. The Morgan fingerprint density at radius 3 is 2.88 bits per heavy atom. The number of carbonyl (C=O) groups is 1. The van der Waals surface area contributed by atoms with Gasteiger partial charge in [-0.25, -0.2) is 9.97 Å². The molecule has 0 aliphatic rings. The number of hydrogen-bond donors (Lipinski definition) is 1. The van der Waals surface area contributed by atoms with Crippen molar-refractivity contribution in [1.82, 2.24) is 20.2 Å². The highest BCUT2D eigenvalue weighted by Gasteiger charge is 2.08. The molecule has 0 unspecified atom stereocenters. The van der Waals surface area contributed by atoms with Gasteiger partial charge in [0.2, 0.25) is 5.88 Å². The SMILES string of the molecule is COc1cc(C(=O)NCCN(C)C)ncn1. The second kappa shape index (κ2) is 6.02. The van der Waals surface area contributed by atoms with Gasteiger partial charge >= 0.3 is 0 Å². The van der Waals surface area contributed by atoms with Crippen molar-refractivity contribution in [2.45, 2.75) is 0 Å². The molecule has 0 fully saturated rings. The van der Waals surface area contributed by atoms with Gasteiger partial charge in [-0.05, 0) is 14.1 Å². The first-order valence-electron chi connectivity index (χ1n) is 4.92. The zero-order valence-corrected chi connectivity index (χ0v) is 9.73. The van der Waals surface area contributed by atoms with E-state index < -0.39 is 0 Å². The van der Waals surface area contributed by atoms with Crippen molar-refractivity contribution in [3.8, 4) is 5.88 Å². The van der Waals surface area contributed by atoms with Crippen LogP contribution >= 0.6 is 0 Å². The molecule has 0 aliphatic heterocycles. The molecule has 0 aromatic carbocycles. The maximum absolute atomic E-state index is 11.6. The summed E-state index contributed by atoms with van der Waals surface area (Å²) in [4.78, 5) is 21.3. The fraction of sp³-hybridized carbons (Fsp3) is 0.500. The van der Waals surface area contributed by atoms with Crippen LogP contribution in [0.1, 0.15) is 10.5 Å². The minimum atomic E-state index is -0.220. The maximum atomic E-state index is 11.6. The van der Waals surface area contributed by atoms with E-state index in [-0.39, 0.29) is 5.91 Å². The Morgan fingerprint density at radius 1 is 1.50 bits per heavy atom. The molecule has 16 heavy (non-hydrogen) atoms. The van der Waals surface area contributed by atoms with E-state index in [1.165, 1.54) is 19.5 Å². The number of rotatable bonds is 5. The molecule has 1 N–H and O–H groups in total. The van der Waals surface area contributed by atoms with Crippen molar-refractivity contribution in [3.05, 3.63) is 18.1 Å². The van der Waals surface area contributed by atoms with Crippen LogP contribution in [0, 0.1) is 0 Å². The Balaban J connectivity index is 2.52. The summed E-state index contributed by atoms with van der Waals surface area (Å²) in [6.45, 7) is 1.37. The van der Waals surface area contributed by atoms with E-state index in [2.05, 4.69) is 15.3 Å². The van der Waals surface area contributed by atoms with Crippen molar-refractivity contribution in [1.29, 1.82) is 0 Å². The van der Waals surface area contributed by atoms with E-state index in [1.54, 1.807) is 0 Å². The first kappa shape index (κ1) is 12.4. The smallest absolute Gasteiger partial charge is 0.270 e. The molecule has 6 nitrogen and oxygen atoms in total. The van der Waals surface area contributed by atoms with Crippen LogP contribution in [-0.2, 0) is 0 Å². The Morgan fingerprint density at radius 2 is 2.25 bits per heavy atom. The number of hydrogen-bond acceptors (Lipinski definition) is 5. The summed E-state index contributed by atoms with van der Waals surface area (Å²) in [6.07, 6.45) is 1.31.